The first-order valence-electron chi connectivity index (χ1n) is 9.39. The molecule has 0 fully saturated rings. The molecule has 146 valence electrons. The van der Waals surface area contributed by atoms with Gasteiger partial charge in [0.2, 0.25) is 5.91 Å². The summed E-state index contributed by atoms with van der Waals surface area (Å²) in [5, 5.41) is 7.36. The van der Waals surface area contributed by atoms with Crippen molar-refractivity contribution < 1.29 is 9.21 Å². The van der Waals surface area contributed by atoms with Crippen molar-refractivity contribution in [3.63, 3.8) is 0 Å². The summed E-state index contributed by atoms with van der Waals surface area (Å²) in [6.07, 6.45) is 2.58. The molecule has 0 unspecified atom stereocenters. The average Bonchev–Trinajstić information content (AvgIpc) is 3.36. The first-order valence-corrected chi connectivity index (χ1v) is 9.39. The maximum Gasteiger partial charge on any atom is 0.225 e. The average molecular weight is 387 g/mol. The molecule has 7 nitrogen and oxygen atoms in total. The van der Waals surface area contributed by atoms with Crippen LogP contribution in [0.3, 0.4) is 0 Å². The lowest BCUT2D eigenvalue weighted by Crippen LogP contribution is -2.15. The van der Waals surface area contributed by atoms with Crippen LogP contribution in [0.4, 0.5) is 5.82 Å². The van der Waals surface area contributed by atoms with E-state index in [0.717, 1.165) is 17.0 Å². The number of aromatic nitrogens is 4. The van der Waals surface area contributed by atoms with Crippen LogP contribution in [0.2, 0.25) is 0 Å². The zero-order valence-electron chi connectivity index (χ0n) is 16.3. The van der Waals surface area contributed by atoms with Gasteiger partial charge in [-0.05, 0) is 44.0 Å². The Balaban J connectivity index is 1.60. The molecule has 0 aliphatic carbocycles. The van der Waals surface area contributed by atoms with Gasteiger partial charge in [0.25, 0.3) is 0 Å². The van der Waals surface area contributed by atoms with Crippen LogP contribution in [0.1, 0.15) is 23.4 Å². The van der Waals surface area contributed by atoms with Gasteiger partial charge in [-0.3, -0.25) is 4.79 Å². The summed E-state index contributed by atoms with van der Waals surface area (Å²) < 4.78 is 7.17. The van der Waals surface area contributed by atoms with E-state index in [1.807, 2.05) is 50.2 Å². The molecule has 3 heterocycles. The summed E-state index contributed by atoms with van der Waals surface area (Å²) in [6, 6.07) is 17.1. The van der Waals surface area contributed by atoms with Crippen molar-refractivity contribution in [2.24, 2.45) is 0 Å². The number of nitrogens with zero attached hydrogens (tertiary/aromatic N) is 4. The summed E-state index contributed by atoms with van der Waals surface area (Å²) in [5.74, 6) is 1.77. The van der Waals surface area contributed by atoms with Crippen molar-refractivity contribution in [1.82, 2.24) is 19.7 Å². The van der Waals surface area contributed by atoms with Crippen LogP contribution in [0.25, 0.3) is 17.4 Å². The van der Waals surface area contributed by atoms with Crippen LogP contribution < -0.4 is 5.32 Å². The molecular formula is C22H21N5O2. The quantitative estimate of drug-likeness (QED) is 0.538. The molecule has 0 atom stereocenters. The Kier molecular flexibility index (Phi) is 5.20. The zero-order chi connectivity index (χ0) is 20.2. The lowest BCUT2D eigenvalue weighted by atomic mass is 10.1. The van der Waals surface area contributed by atoms with Crippen LogP contribution in [-0.2, 0) is 11.2 Å². The standard InChI is InChI=1S/C22H21N5O2/c1-15-13-16(2)27(26-15)20-14-19(24-22(25-20)18-9-6-12-29-18)23-21(28)11-10-17-7-4-3-5-8-17/h3-9,12-14H,10-11H2,1-2H3,(H,23,24,25,28). The highest BCUT2D eigenvalue weighted by atomic mass is 16.3. The molecule has 1 amide bonds. The number of furan rings is 1. The lowest BCUT2D eigenvalue weighted by molar-refractivity contribution is -0.116. The Hall–Kier alpha value is -3.74. The number of amides is 1. The highest BCUT2D eigenvalue weighted by Gasteiger charge is 2.14. The van der Waals surface area contributed by atoms with E-state index in [2.05, 4.69) is 20.4 Å². The number of nitrogens with one attached hydrogen (secondary N) is 1. The number of hydrogen-bond acceptors (Lipinski definition) is 5. The molecule has 0 spiro atoms. The fourth-order valence-electron chi connectivity index (χ4n) is 3.09. The number of anilines is 1. The minimum absolute atomic E-state index is 0.114. The molecule has 3 aromatic heterocycles. The highest BCUT2D eigenvalue weighted by Crippen LogP contribution is 2.21. The number of benzene rings is 1. The second-order valence-electron chi connectivity index (χ2n) is 6.78. The molecule has 1 aromatic carbocycles. The third-order valence-electron chi connectivity index (χ3n) is 4.43. The topological polar surface area (TPSA) is 85.8 Å². The molecular weight excluding hydrogens is 366 g/mol. The van der Waals surface area contributed by atoms with E-state index >= 15 is 0 Å². The second-order valence-corrected chi connectivity index (χ2v) is 6.78. The van der Waals surface area contributed by atoms with Gasteiger partial charge in [0, 0.05) is 18.2 Å². The molecule has 7 heteroatoms. The third-order valence-corrected chi connectivity index (χ3v) is 4.43. The van der Waals surface area contributed by atoms with Gasteiger partial charge in [0.15, 0.2) is 17.4 Å². The molecule has 0 bridgehead atoms. The zero-order valence-corrected chi connectivity index (χ0v) is 16.3. The lowest BCUT2D eigenvalue weighted by Gasteiger charge is -2.10. The summed E-state index contributed by atoms with van der Waals surface area (Å²) in [7, 11) is 0. The van der Waals surface area contributed by atoms with Gasteiger partial charge in [-0.1, -0.05) is 30.3 Å². The third kappa shape index (κ3) is 4.40. The molecule has 1 N–H and O–H groups in total. The second kappa shape index (κ2) is 8.10. The van der Waals surface area contributed by atoms with E-state index in [-0.39, 0.29) is 5.91 Å². The Bertz CT molecular complexity index is 1120. The summed E-state index contributed by atoms with van der Waals surface area (Å²) in [4.78, 5) is 21.5. The first-order chi connectivity index (χ1) is 14.1. The predicted molar refractivity (Wildman–Crippen MR) is 110 cm³/mol. The molecule has 0 saturated heterocycles. The molecule has 0 aliphatic heterocycles. The van der Waals surface area contributed by atoms with Crippen molar-refractivity contribution in [3.05, 3.63) is 77.8 Å². The van der Waals surface area contributed by atoms with Crippen LogP contribution >= 0.6 is 0 Å². The van der Waals surface area contributed by atoms with Crippen molar-refractivity contribution in [2.45, 2.75) is 26.7 Å². The normalized spacial score (nSPS) is 10.8. The van der Waals surface area contributed by atoms with E-state index in [9.17, 15) is 4.79 Å². The summed E-state index contributed by atoms with van der Waals surface area (Å²) in [5.41, 5.74) is 2.94. The van der Waals surface area contributed by atoms with Gasteiger partial charge in [0.05, 0.1) is 12.0 Å². The van der Waals surface area contributed by atoms with Crippen LogP contribution in [0, 0.1) is 13.8 Å². The summed E-state index contributed by atoms with van der Waals surface area (Å²) in [6.45, 7) is 3.87. The fourth-order valence-corrected chi connectivity index (χ4v) is 3.09. The number of carbonyl (C=O) groups excluding carboxylic acids is 1. The molecule has 0 saturated carbocycles. The number of hydrogen-bond donors (Lipinski definition) is 1. The van der Waals surface area contributed by atoms with Gasteiger partial charge in [-0.2, -0.15) is 5.10 Å². The molecule has 0 aliphatic rings. The first kappa shape index (κ1) is 18.6. The number of carbonyl (C=O) groups is 1. The van der Waals surface area contributed by atoms with Crippen molar-refractivity contribution in [2.75, 3.05) is 5.32 Å². The summed E-state index contributed by atoms with van der Waals surface area (Å²) >= 11 is 0. The van der Waals surface area contributed by atoms with E-state index in [1.165, 1.54) is 0 Å². The van der Waals surface area contributed by atoms with Gasteiger partial charge >= 0.3 is 0 Å². The van der Waals surface area contributed by atoms with Crippen molar-refractivity contribution in [3.8, 4) is 17.4 Å². The minimum atomic E-state index is -0.114. The molecule has 0 radical (unpaired) electrons. The maximum absolute atomic E-state index is 12.5. The van der Waals surface area contributed by atoms with Gasteiger partial charge in [-0.15, -0.1) is 0 Å². The fraction of sp³-hybridized carbons (Fsp3) is 0.182. The van der Waals surface area contributed by atoms with Gasteiger partial charge in [0.1, 0.15) is 5.82 Å². The van der Waals surface area contributed by atoms with Gasteiger partial charge < -0.3 is 9.73 Å². The van der Waals surface area contributed by atoms with Crippen molar-refractivity contribution >= 4 is 11.7 Å². The molecule has 29 heavy (non-hydrogen) atoms. The largest absolute Gasteiger partial charge is 0.461 e. The van der Waals surface area contributed by atoms with E-state index in [4.69, 9.17) is 4.42 Å². The SMILES string of the molecule is Cc1cc(C)n(-c2cc(NC(=O)CCc3ccccc3)nc(-c3ccco3)n2)n1. The number of rotatable bonds is 6. The highest BCUT2D eigenvalue weighted by molar-refractivity contribution is 5.90. The number of aryl methyl sites for hydroxylation is 3. The van der Waals surface area contributed by atoms with E-state index < -0.39 is 0 Å². The predicted octanol–water partition coefficient (Wildman–Crippen LogP) is 4.11. The van der Waals surface area contributed by atoms with Crippen LogP contribution in [-0.4, -0.2) is 25.7 Å². The Morgan fingerprint density at radius 2 is 1.90 bits per heavy atom. The molecule has 4 aromatic rings. The van der Waals surface area contributed by atoms with Crippen LogP contribution in [0.15, 0.2) is 65.3 Å². The van der Waals surface area contributed by atoms with Crippen molar-refractivity contribution in [1.29, 1.82) is 0 Å². The molecule has 4 rings (SSSR count). The monoisotopic (exact) mass is 387 g/mol. The van der Waals surface area contributed by atoms with Crippen LogP contribution in [0.5, 0.6) is 0 Å². The maximum atomic E-state index is 12.5. The Morgan fingerprint density at radius 1 is 1.07 bits per heavy atom. The van der Waals surface area contributed by atoms with E-state index in [1.54, 1.807) is 29.1 Å². The van der Waals surface area contributed by atoms with Gasteiger partial charge in [-0.25, -0.2) is 14.6 Å². The minimum Gasteiger partial charge on any atom is -0.461 e. The van der Waals surface area contributed by atoms with E-state index in [0.29, 0.717) is 36.1 Å². The Labute approximate surface area is 168 Å². The Morgan fingerprint density at radius 3 is 2.59 bits per heavy atom. The smallest absolute Gasteiger partial charge is 0.225 e.